The number of hydrogen-bond donors (Lipinski definition) is 2. The molecule has 7 heteroatoms. The molecule has 0 spiro atoms. The zero-order valence-electron chi connectivity index (χ0n) is 11.1. The second-order valence-electron chi connectivity index (χ2n) is 4.23. The minimum atomic E-state index is -3.84. The first-order valence-electron chi connectivity index (χ1n) is 6.18. The van der Waals surface area contributed by atoms with E-state index in [-0.39, 0.29) is 4.90 Å². The molecular formula is C14H15N3O3S. The lowest BCUT2D eigenvalue weighted by Crippen LogP contribution is -2.43. The Morgan fingerprint density at radius 1 is 1.00 bits per heavy atom. The van der Waals surface area contributed by atoms with Crippen LogP contribution in [0.2, 0.25) is 0 Å². The lowest BCUT2D eigenvalue weighted by atomic mass is 10.3. The van der Waals surface area contributed by atoms with Gasteiger partial charge in [0.2, 0.25) is 0 Å². The number of sulfonamides is 1. The van der Waals surface area contributed by atoms with Crippen LogP contribution in [0.4, 0.5) is 5.69 Å². The molecule has 0 heterocycles. The Balaban J connectivity index is 2.47. The van der Waals surface area contributed by atoms with Crippen LogP contribution in [0.3, 0.4) is 0 Å². The van der Waals surface area contributed by atoms with E-state index in [0.29, 0.717) is 5.69 Å². The molecule has 110 valence electrons. The third-order valence-corrected chi connectivity index (χ3v) is 4.61. The first-order valence-corrected chi connectivity index (χ1v) is 7.62. The molecule has 0 fully saturated rings. The second kappa shape index (κ2) is 6.38. The summed E-state index contributed by atoms with van der Waals surface area (Å²) < 4.78 is 26.4. The predicted molar refractivity (Wildman–Crippen MR) is 79.7 cm³/mol. The van der Waals surface area contributed by atoms with Crippen molar-refractivity contribution in [1.29, 1.82) is 0 Å². The quantitative estimate of drug-likeness (QED) is 0.487. The van der Waals surface area contributed by atoms with E-state index in [1.54, 1.807) is 48.5 Å². The number of anilines is 1. The number of carbonyl (C=O) groups excluding carboxylic acids is 1. The molecule has 0 unspecified atom stereocenters. The van der Waals surface area contributed by atoms with Gasteiger partial charge in [0, 0.05) is 0 Å². The van der Waals surface area contributed by atoms with E-state index < -0.39 is 22.5 Å². The Bertz CT molecular complexity index is 703. The van der Waals surface area contributed by atoms with Crippen LogP contribution >= 0.6 is 0 Å². The van der Waals surface area contributed by atoms with Crippen LogP contribution in [0.1, 0.15) is 0 Å². The standard InChI is InChI=1S/C14H15N3O3S/c15-16-14(18)11-17(12-7-3-1-4-8-12)21(19,20)13-9-5-2-6-10-13/h1-10H,11,15H2,(H,16,18). The van der Waals surface area contributed by atoms with Crippen molar-refractivity contribution in [2.75, 3.05) is 10.8 Å². The Morgan fingerprint density at radius 3 is 2.05 bits per heavy atom. The molecule has 2 aromatic carbocycles. The summed E-state index contributed by atoms with van der Waals surface area (Å²) >= 11 is 0. The highest BCUT2D eigenvalue weighted by Crippen LogP contribution is 2.22. The van der Waals surface area contributed by atoms with Gasteiger partial charge in [0.15, 0.2) is 0 Å². The zero-order valence-corrected chi connectivity index (χ0v) is 12.0. The van der Waals surface area contributed by atoms with Crippen molar-refractivity contribution in [3.05, 3.63) is 60.7 Å². The molecule has 6 nitrogen and oxygen atoms in total. The van der Waals surface area contributed by atoms with Gasteiger partial charge in [-0.1, -0.05) is 36.4 Å². The average Bonchev–Trinajstić information content (AvgIpc) is 2.53. The molecule has 2 rings (SSSR count). The minimum Gasteiger partial charge on any atom is -0.293 e. The third-order valence-electron chi connectivity index (χ3n) is 2.82. The van der Waals surface area contributed by atoms with Gasteiger partial charge in [-0.2, -0.15) is 0 Å². The number of nitrogens with one attached hydrogen (secondary N) is 1. The molecule has 0 aliphatic heterocycles. The molecule has 21 heavy (non-hydrogen) atoms. The maximum atomic E-state index is 12.7. The Kier molecular flexibility index (Phi) is 4.56. The fourth-order valence-electron chi connectivity index (χ4n) is 1.81. The molecule has 0 aromatic heterocycles. The normalized spacial score (nSPS) is 10.9. The highest BCUT2D eigenvalue weighted by Gasteiger charge is 2.26. The van der Waals surface area contributed by atoms with Crippen molar-refractivity contribution in [1.82, 2.24) is 5.43 Å². The number of nitrogens with zero attached hydrogens (tertiary/aromatic N) is 1. The van der Waals surface area contributed by atoms with Gasteiger partial charge < -0.3 is 0 Å². The van der Waals surface area contributed by atoms with Gasteiger partial charge in [0.25, 0.3) is 15.9 Å². The van der Waals surface area contributed by atoms with Crippen LogP contribution in [0, 0.1) is 0 Å². The fourth-order valence-corrected chi connectivity index (χ4v) is 3.25. The maximum absolute atomic E-state index is 12.7. The van der Waals surface area contributed by atoms with E-state index in [9.17, 15) is 13.2 Å². The average molecular weight is 305 g/mol. The summed E-state index contributed by atoms with van der Waals surface area (Å²) in [4.78, 5) is 11.6. The summed E-state index contributed by atoms with van der Waals surface area (Å²) in [5, 5.41) is 0. The van der Waals surface area contributed by atoms with E-state index in [1.807, 2.05) is 5.43 Å². The number of benzene rings is 2. The van der Waals surface area contributed by atoms with E-state index in [2.05, 4.69) is 0 Å². The van der Waals surface area contributed by atoms with Crippen LogP contribution in [0.25, 0.3) is 0 Å². The van der Waals surface area contributed by atoms with Gasteiger partial charge in [-0.3, -0.25) is 14.5 Å². The van der Waals surface area contributed by atoms with E-state index in [1.165, 1.54) is 12.1 Å². The number of nitrogens with two attached hydrogens (primary N) is 1. The summed E-state index contributed by atoms with van der Waals surface area (Å²) in [5.74, 6) is 4.46. The highest BCUT2D eigenvalue weighted by molar-refractivity contribution is 7.92. The second-order valence-corrected chi connectivity index (χ2v) is 6.09. The van der Waals surface area contributed by atoms with Crippen molar-refractivity contribution < 1.29 is 13.2 Å². The molecule has 0 saturated carbocycles. The lowest BCUT2D eigenvalue weighted by Gasteiger charge is -2.23. The highest BCUT2D eigenvalue weighted by atomic mass is 32.2. The molecule has 2 aromatic rings. The number of rotatable bonds is 5. The summed E-state index contributed by atoms with van der Waals surface area (Å²) in [6, 6.07) is 16.3. The van der Waals surface area contributed by atoms with Crippen molar-refractivity contribution in [3.63, 3.8) is 0 Å². The summed E-state index contributed by atoms with van der Waals surface area (Å²) in [7, 11) is -3.84. The van der Waals surface area contributed by atoms with Crippen LogP contribution in [-0.4, -0.2) is 20.9 Å². The zero-order chi connectivity index (χ0) is 15.3. The van der Waals surface area contributed by atoms with Gasteiger partial charge in [-0.15, -0.1) is 0 Å². The number of hydrazine groups is 1. The molecule has 0 aliphatic carbocycles. The fraction of sp³-hybridized carbons (Fsp3) is 0.0714. The summed E-state index contributed by atoms with van der Waals surface area (Å²) in [6.07, 6.45) is 0. The van der Waals surface area contributed by atoms with Gasteiger partial charge in [-0.05, 0) is 24.3 Å². The maximum Gasteiger partial charge on any atom is 0.264 e. The van der Waals surface area contributed by atoms with Crippen molar-refractivity contribution in [2.45, 2.75) is 4.90 Å². The molecule has 1 amide bonds. The molecular weight excluding hydrogens is 290 g/mol. The molecule has 3 N–H and O–H groups in total. The van der Waals surface area contributed by atoms with E-state index in [4.69, 9.17) is 5.84 Å². The van der Waals surface area contributed by atoms with Crippen molar-refractivity contribution in [3.8, 4) is 0 Å². The van der Waals surface area contributed by atoms with Crippen LogP contribution < -0.4 is 15.6 Å². The Morgan fingerprint density at radius 2 is 1.52 bits per heavy atom. The summed E-state index contributed by atoms with van der Waals surface area (Å²) in [5.41, 5.74) is 2.34. The predicted octanol–water partition coefficient (Wildman–Crippen LogP) is 0.872. The van der Waals surface area contributed by atoms with E-state index in [0.717, 1.165) is 4.31 Å². The number of amides is 1. The van der Waals surface area contributed by atoms with Crippen molar-refractivity contribution in [2.24, 2.45) is 5.84 Å². The van der Waals surface area contributed by atoms with Gasteiger partial charge in [0.05, 0.1) is 10.6 Å². The smallest absolute Gasteiger partial charge is 0.264 e. The first-order chi connectivity index (χ1) is 10.1. The number of hydrogen-bond acceptors (Lipinski definition) is 4. The van der Waals surface area contributed by atoms with Crippen LogP contribution in [0.15, 0.2) is 65.6 Å². The molecule has 0 radical (unpaired) electrons. The minimum absolute atomic E-state index is 0.110. The number of para-hydroxylation sites is 1. The van der Waals surface area contributed by atoms with Crippen molar-refractivity contribution >= 4 is 21.6 Å². The first kappa shape index (κ1) is 15.0. The van der Waals surface area contributed by atoms with Gasteiger partial charge >= 0.3 is 0 Å². The topological polar surface area (TPSA) is 92.5 Å². The van der Waals surface area contributed by atoms with Gasteiger partial charge in [0.1, 0.15) is 6.54 Å². The molecule has 0 saturated heterocycles. The Hall–Kier alpha value is -2.38. The lowest BCUT2D eigenvalue weighted by molar-refractivity contribution is -0.119. The molecule has 0 bridgehead atoms. The molecule has 0 aliphatic rings. The Labute approximate surface area is 123 Å². The van der Waals surface area contributed by atoms with Crippen LogP contribution in [-0.2, 0) is 14.8 Å². The van der Waals surface area contributed by atoms with Gasteiger partial charge in [-0.25, -0.2) is 14.3 Å². The third kappa shape index (κ3) is 3.39. The largest absolute Gasteiger partial charge is 0.293 e. The van der Waals surface area contributed by atoms with E-state index >= 15 is 0 Å². The SMILES string of the molecule is NNC(=O)CN(c1ccccc1)S(=O)(=O)c1ccccc1. The molecule has 0 atom stereocenters. The summed E-state index contributed by atoms with van der Waals surface area (Å²) in [6.45, 7) is -0.391. The monoisotopic (exact) mass is 305 g/mol. The van der Waals surface area contributed by atoms with Crippen LogP contribution in [0.5, 0.6) is 0 Å². The number of carbonyl (C=O) groups is 1.